The monoisotopic (exact) mass is 191 g/mol. The maximum Gasteiger partial charge on any atom is 0.110 e. The number of anilines is 1. The van der Waals surface area contributed by atoms with E-state index in [1.807, 2.05) is 11.9 Å². The molecule has 3 heteroatoms. The number of nitrogens with zero attached hydrogens (tertiary/aromatic N) is 1. The molecule has 0 unspecified atom stereocenters. The van der Waals surface area contributed by atoms with E-state index in [-0.39, 0.29) is 5.84 Å². The third-order valence-corrected chi connectivity index (χ3v) is 2.19. The Kier molecular flexibility index (Phi) is 3.51. The maximum absolute atomic E-state index is 7.19. The smallest absolute Gasteiger partial charge is 0.110 e. The lowest BCUT2D eigenvalue weighted by atomic mass is 10.1. The molecule has 0 spiro atoms. The molecule has 14 heavy (non-hydrogen) atoms. The van der Waals surface area contributed by atoms with Gasteiger partial charge in [0.25, 0.3) is 0 Å². The number of nitrogens with one attached hydrogen (secondary N) is 1. The Morgan fingerprint density at radius 2 is 1.93 bits per heavy atom. The van der Waals surface area contributed by atoms with E-state index in [2.05, 4.69) is 31.2 Å². The number of amidine groups is 1. The second-order valence-electron chi connectivity index (χ2n) is 3.40. The maximum atomic E-state index is 7.19. The Labute approximate surface area is 85.0 Å². The second-order valence-corrected chi connectivity index (χ2v) is 3.40. The fourth-order valence-electron chi connectivity index (χ4n) is 1.33. The van der Waals surface area contributed by atoms with E-state index in [1.165, 1.54) is 5.56 Å². The predicted molar refractivity (Wildman–Crippen MR) is 61.0 cm³/mol. The molecule has 0 heterocycles. The molecule has 0 aliphatic rings. The first-order chi connectivity index (χ1) is 6.63. The molecule has 3 N–H and O–H groups in total. The molecule has 0 amide bonds. The van der Waals surface area contributed by atoms with E-state index >= 15 is 0 Å². The molecule has 0 aliphatic heterocycles. The Morgan fingerprint density at radius 3 is 2.36 bits per heavy atom. The fourth-order valence-corrected chi connectivity index (χ4v) is 1.33. The van der Waals surface area contributed by atoms with Gasteiger partial charge in [0.1, 0.15) is 5.84 Å². The van der Waals surface area contributed by atoms with Crippen molar-refractivity contribution in [3.8, 4) is 0 Å². The zero-order chi connectivity index (χ0) is 10.6. The molecule has 0 aromatic heterocycles. The number of hydrogen-bond donors (Lipinski definition) is 2. The molecule has 1 aromatic carbocycles. The van der Waals surface area contributed by atoms with Crippen LogP contribution in [-0.2, 0) is 6.42 Å². The molecule has 0 atom stereocenters. The number of aryl methyl sites for hydroxylation is 1. The van der Waals surface area contributed by atoms with Gasteiger partial charge in [0.2, 0.25) is 0 Å². The summed E-state index contributed by atoms with van der Waals surface area (Å²) in [6, 6.07) is 8.32. The number of rotatable bonds is 4. The third-order valence-electron chi connectivity index (χ3n) is 2.19. The zero-order valence-electron chi connectivity index (χ0n) is 8.75. The first-order valence-corrected chi connectivity index (χ1v) is 4.76. The highest BCUT2D eigenvalue weighted by atomic mass is 15.1. The zero-order valence-corrected chi connectivity index (χ0v) is 8.75. The lowest BCUT2D eigenvalue weighted by molar-refractivity contribution is 1.04. The van der Waals surface area contributed by atoms with Crippen molar-refractivity contribution in [1.29, 1.82) is 5.41 Å². The summed E-state index contributed by atoms with van der Waals surface area (Å²) < 4.78 is 0. The van der Waals surface area contributed by atoms with Gasteiger partial charge in [-0.15, -0.1) is 0 Å². The molecule has 1 aromatic rings. The summed E-state index contributed by atoms with van der Waals surface area (Å²) in [5.41, 5.74) is 7.75. The van der Waals surface area contributed by atoms with Crippen LogP contribution in [0.4, 0.5) is 5.69 Å². The lowest BCUT2D eigenvalue weighted by Gasteiger charge is -2.18. The molecule has 0 saturated heterocycles. The summed E-state index contributed by atoms with van der Waals surface area (Å²) in [7, 11) is 1.93. The molecule has 76 valence electrons. The highest BCUT2D eigenvalue weighted by Crippen LogP contribution is 2.13. The summed E-state index contributed by atoms with van der Waals surface area (Å²) in [6.07, 6.45) is 1.05. The molecule has 0 fully saturated rings. The number of benzene rings is 1. The summed E-state index contributed by atoms with van der Waals surface area (Å²) in [4.78, 5) is 1.96. The van der Waals surface area contributed by atoms with Crippen molar-refractivity contribution in [2.45, 2.75) is 13.3 Å². The van der Waals surface area contributed by atoms with Gasteiger partial charge < -0.3 is 10.6 Å². The minimum Gasteiger partial charge on any atom is -0.386 e. The lowest BCUT2D eigenvalue weighted by Crippen LogP contribution is -2.29. The van der Waals surface area contributed by atoms with E-state index < -0.39 is 0 Å². The van der Waals surface area contributed by atoms with Crippen molar-refractivity contribution in [3.05, 3.63) is 29.8 Å². The van der Waals surface area contributed by atoms with Gasteiger partial charge in [0.15, 0.2) is 0 Å². The molecular weight excluding hydrogens is 174 g/mol. The van der Waals surface area contributed by atoms with Gasteiger partial charge in [-0.3, -0.25) is 5.41 Å². The van der Waals surface area contributed by atoms with Crippen LogP contribution >= 0.6 is 0 Å². The van der Waals surface area contributed by atoms with Crippen molar-refractivity contribution in [2.75, 3.05) is 18.5 Å². The van der Waals surface area contributed by atoms with Crippen molar-refractivity contribution in [3.63, 3.8) is 0 Å². The van der Waals surface area contributed by atoms with Gasteiger partial charge in [0.05, 0.1) is 6.54 Å². The van der Waals surface area contributed by atoms with E-state index in [1.54, 1.807) is 0 Å². The van der Waals surface area contributed by atoms with E-state index in [9.17, 15) is 0 Å². The van der Waals surface area contributed by atoms with Crippen LogP contribution in [-0.4, -0.2) is 19.4 Å². The normalized spacial score (nSPS) is 9.86. The van der Waals surface area contributed by atoms with Crippen molar-refractivity contribution >= 4 is 11.5 Å². The molecule has 0 saturated carbocycles. The highest BCUT2D eigenvalue weighted by Gasteiger charge is 2.01. The van der Waals surface area contributed by atoms with Crippen LogP contribution < -0.4 is 10.6 Å². The number of likely N-dealkylation sites (N-methyl/N-ethyl adjacent to an activating group) is 1. The van der Waals surface area contributed by atoms with Gasteiger partial charge >= 0.3 is 0 Å². The van der Waals surface area contributed by atoms with Crippen LogP contribution in [0.25, 0.3) is 0 Å². The molecule has 0 aliphatic carbocycles. The third kappa shape index (κ3) is 2.76. The number of nitrogens with two attached hydrogens (primary N) is 1. The largest absolute Gasteiger partial charge is 0.386 e. The Morgan fingerprint density at radius 1 is 1.36 bits per heavy atom. The van der Waals surface area contributed by atoms with Crippen LogP contribution in [0.3, 0.4) is 0 Å². The molecular formula is C11H17N3. The highest BCUT2D eigenvalue weighted by molar-refractivity contribution is 5.82. The first-order valence-electron chi connectivity index (χ1n) is 4.76. The van der Waals surface area contributed by atoms with Crippen LogP contribution in [0.2, 0.25) is 0 Å². The van der Waals surface area contributed by atoms with Crippen molar-refractivity contribution < 1.29 is 0 Å². The van der Waals surface area contributed by atoms with Crippen LogP contribution in [0.5, 0.6) is 0 Å². The van der Waals surface area contributed by atoms with Gasteiger partial charge in [-0.05, 0) is 24.1 Å². The molecule has 3 nitrogen and oxygen atoms in total. The average molecular weight is 191 g/mol. The second kappa shape index (κ2) is 4.65. The summed E-state index contributed by atoms with van der Waals surface area (Å²) in [5.74, 6) is 0.187. The first kappa shape index (κ1) is 10.6. The molecule has 0 radical (unpaired) electrons. The van der Waals surface area contributed by atoms with Gasteiger partial charge in [-0.2, -0.15) is 0 Å². The summed E-state index contributed by atoms with van der Waals surface area (Å²) in [5, 5.41) is 7.19. The summed E-state index contributed by atoms with van der Waals surface area (Å²) in [6.45, 7) is 2.61. The average Bonchev–Trinajstić information content (AvgIpc) is 2.17. The quantitative estimate of drug-likeness (QED) is 0.561. The predicted octanol–water partition coefficient (Wildman–Crippen LogP) is 1.62. The standard InChI is InChI=1S/C11H17N3/c1-3-9-4-6-10(7-5-9)14(2)8-11(12)13/h4-7H,3,8H2,1-2H3,(H3,12,13). The van der Waals surface area contributed by atoms with Crippen LogP contribution in [0, 0.1) is 5.41 Å². The van der Waals surface area contributed by atoms with Gasteiger partial charge in [-0.1, -0.05) is 19.1 Å². The van der Waals surface area contributed by atoms with Crippen molar-refractivity contribution in [2.24, 2.45) is 5.73 Å². The molecule has 1 rings (SSSR count). The Balaban J connectivity index is 2.71. The van der Waals surface area contributed by atoms with Crippen LogP contribution in [0.1, 0.15) is 12.5 Å². The van der Waals surface area contributed by atoms with Crippen molar-refractivity contribution in [1.82, 2.24) is 0 Å². The Bertz CT molecular complexity index is 303. The van der Waals surface area contributed by atoms with E-state index in [0.717, 1.165) is 12.1 Å². The molecule has 0 bridgehead atoms. The summed E-state index contributed by atoms with van der Waals surface area (Å²) >= 11 is 0. The van der Waals surface area contributed by atoms with Gasteiger partial charge in [0, 0.05) is 12.7 Å². The van der Waals surface area contributed by atoms with Crippen LogP contribution in [0.15, 0.2) is 24.3 Å². The fraction of sp³-hybridized carbons (Fsp3) is 0.364. The SMILES string of the molecule is CCc1ccc(N(C)CC(=N)N)cc1. The Hall–Kier alpha value is -1.51. The van der Waals surface area contributed by atoms with E-state index in [4.69, 9.17) is 11.1 Å². The minimum atomic E-state index is 0.187. The van der Waals surface area contributed by atoms with E-state index in [0.29, 0.717) is 6.54 Å². The minimum absolute atomic E-state index is 0.187. The van der Waals surface area contributed by atoms with Gasteiger partial charge in [-0.25, -0.2) is 0 Å². The topological polar surface area (TPSA) is 53.1 Å². The number of hydrogen-bond acceptors (Lipinski definition) is 2.